The van der Waals surface area contributed by atoms with Crippen LogP contribution in [0.25, 0.3) is 0 Å². The lowest BCUT2D eigenvalue weighted by atomic mass is 9.96. The molecule has 0 radical (unpaired) electrons. The zero-order valence-electron chi connectivity index (χ0n) is 7.41. The van der Waals surface area contributed by atoms with Crippen LogP contribution in [0, 0.1) is 5.92 Å². The number of alkyl halides is 1. The van der Waals surface area contributed by atoms with Crippen molar-refractivity contribution in [1.29, 1.82) is 0 Å². The maximum Gasteiger partial charge on any atom is 0.164 e. The molecule has 0 aromatic carbocycles. The van der Waals surface area contributed by atoms with E-state index in [-0.39, 0.29) is 17.6 Å². The summed E-state index contributed by atoms with van der Waals surface area (Å²) in [6.07, 6.45) is 1.69. The van der Waals surface area contributed by atoms with Crippen LogP contribution in [0.5, 0.6) is 0 Å². The van der Waals surface area contributed by atoms with E-state index in [0.29, 0.717) is 19.4 Å². The molecule has 0 spiro atoms. The van der Waals surface area contributed by atoms with Crippen molar-refractivity contribution in [2.75, 3.05) is 12.4 Å². The van der Waals surface area contributed by atoms with E-state index >= 15 is 0 Å². The van der Waals surface area contributed by atoms with Gasteiger partial charge in [-0.2, -0.15) is 0 Å². The third-order valence-corrected chi connectivity index (χ3v) is 2.10. The van der Waals surface area contributed by atoms with Gasteiger partial charge in [0.05, 0.1) is 11.9 Å². The van der Waals surface area contributed by atoms with E-state index in [1.54, 1.807) is 0 Å². The highest BCUT2D eigenvalue weighted by Crippen LogP contribution is 2.07. The van der Waals surface area contributed by atoms with Crippen molar-refractivity contribution in [3.63, 3.8) is 0 Å². The Hall–Kier alpha value is -0.450. The molecular weight excluding hydrogens is 192 g/mol. The molecule has 0 amide bonds. The lowest BCUT2D eigenvalue weighted by Gasteiger charge is -2.13. The first-order valence-electron chi connectivity index (χ1n) is 4.15. The van der Waals surface area contributed by atoms with E-state index < -0.39 is 6.04 Å². The summed E-state index contributed by atoms with van der Waals surface area (Å²) in [6.45, 7) is 0.422. The molecule has 2 atom stereocenters. The number of Topliss-reactive ketones (excluding diaryl/α,β-unsaturated/α-hetero) is 1. The van der Waals surface area contributed by atoms with Gasteiger partial charge in [-0.15, -0.1) is 11.6 Å². The van der Waals surface area contributed by atoms with E-state index in [4.69, 9.17) is 23.1 Å². The molecule has 0 aromatic heterocycles. The fraction of sp³-hybridized carbons (Fsp3) is 0.750. The molecule has 0 bridgehead atoms. The summed E-state index contributed by atoms with van der Waals surface area (Å²) in [5.41, 5.74) is 10.8. The number of aldehydes is 1. The third-order valence-electron chi connectivity index (χ3n) is 1.83. The minimum Gasteiger partial charge on any atom is -0.330 e. The van der Waals surface area contributed by atoms with Crippen LogP contribution in [-0.4, -0.2) is 30.5 Å². The first-order chi connectivity index (χ1) is 6.15. The maximum absolute atomic E-state index is 11.0. The first kappa shape index (κ1) is 12.6. The van der Waals surface area contributed by atoms with Crippen LogP contribution in [0.2, 0.25) is 0 Å². The minimum atomic E-state index is -0.640. The highest BCUT2D eigenvalue weighted by molar-refractivity contribution is 6.28. The molecule has 0 rings (SSSR count). The molecule has 0 saturated heterocycles. The maximum atomic E-state index is 11.0. The zero-order chi connectivity index (χ0) is 10.3. The monoisotopic (exact) mass is 206 g/mol. The summed E-state index contributed by atoms with van der Waals surface area (Å²) < 4.78 is 0. The van der Waals surface area contributed by atoms with Crippen molar-refractivity contribution >= 4 is 23.7 Å². The molecule has 4 N–H and O–H groups in total. The number of carbonyl (C=O) groups is 2. The van der Waals surface area contributed by atoms with Gasteiger partial charge >= 0.3 is 0 Å². The topological polar surface area (TPSA) is 86.2 Å². The summed E-state index contributed by atoms with van der Waals surface area (Å²) in [4.78, 5) is 21.4. The number of ketones is 1. The Kier molecular flexibility index (Phi) is 6.76. The van der Waals surface area contributed by atoms with Crippen molar-refractivity contribution in [1.82, 2.24) is 0 Å². The molecular formula is C8H15ClN2O2. The van der Waals surface area contributed by atoms with Gasteiger partial charge < -0.3 is 16.3 Å². The quantitative estimate of drug-likeness (QED) is 0.442. The molecule has 0 heterocycles. The Morgan fingerprint density at radius 1 is 1.54 bits per heavy atom. The van der Waals surface area contributed by atoms with Gasteiger partial charge in [0, 0.05) is 5.92 Å². The molecule has 0 aliphatic heterocycles. The molecule has 0 aromatic rings. The summed E-state index contributed by atoms with van der Waals surface area (Å²) in [5.74, 6) is -0.562. The molecule has 4 nitrogen and oxygen atoms in total. The number of rotatable bonds is 7. The van der Waals surface area contributed by atoms with E-state index in [1.165, 1.54) is 0 Å². The second-order valence-corrected chi connectivity index (χ2v) is 3.18. The smallest absolute Gasteiger partial charge is 0.164 e. The molecule has 0 aliphatic rings. The number of hydrogen-bond acceptors (Lipinski definition) is 4. The number of nitrogens with two attached hydrogens (primary N) is 2. The molecule has 13 heavy (non-hydrogen) atoms. The largest absolute Gasteiger partial charge is 0.330 e. The number of carbonyl (C=O) groups excluding carboxylic acids is 2. The highest BCUT2D eigenvalue weighted by atomic mass is 35.5. The lowest BCUT2D eigenvalue weighted by Crippen LogP contribution is -2.34. The first-order valence-corrected chi connectivity index (χ1v) is 4.68. The van der Waals surface area contributed by atoms with E-state index in [2.05, 4.69) is 0 Å². The summed E-state index contributed by atoms with van der Waals surface area (Å²) in [7, 11) is 0. The Morgan fingerprint density at radius 2 is 2.15 bits per heavy atom. The predicted octanol–water partition coefficient (Wildman–Crippen LogP) is -0.324. The van der Waals surface area contributed by atoms with Crippen LogP contribution >= 0.6 is 11.6 Å². The van der Waals surface area contributed by atoms with Crippen molar-refractivity contribution in [3.05, 3.63) is 0 Å². The van der Waals surface area contributed by atoms with Gasteiger partial charge in [0.15, 0.2) is 5.78 Å². The highest BCUT2D eigenvalue weighted by Gasteiger charge is 2.17. The predicted molar refractivity (Wildman–Crippen MR) is 51.5 cm³/mol. The van der Waals surface area contributed by atoms with Crippen LogP contribution in [0.15, 0.2) is 0 Å². The van der Waals surface area contributed by atoms with Crippen molar-refractivity contribution in [3.8, 4) is 0 Å². The second kappa shape index (κ2) is 7.00. The summed E-state index contributed by atoms with van der Waals surface area (Å²) in [6, 6.07) is -0.640. The van der Waals surface area contributed by atoms with Crippen molar-refractivity contribution < 1.29 is 9.59 Å². The Morgan fingerprint density at radius 3 is 2.54 bits per heavy atom. The van der Waals surface area contributed by atoms with Gasteiger partial charge in [0.1, 0.15) is 6.29 Å². The minimum absolute atomic E-state index is 0.102. The molecule has 76 valence electrons. The average Bonchev–Trinajstić information content (AvgIpc) is 2.15. The SMILES string of the molecule is NCC[C@H](C=O)C[C@H](N)C(=O)CCl. The van der Waals surface area contributed by atoms with E-state index in [1.807, 2.05) is 0 Å². The fourth-order valence-corrected chi connectivity index (χ4v) is 1.21. The van der Waals surface area contributed by atoms with Crippen molar-refractivity contribution in [2.45, 2.75) is 18.9 Å². The van der Waals surface area contributed by atoms with Gasteiger partial charge in [0.25, 0.3) is 0 Å². The third kappa shape index (κ3) is 4.98. The van der Waals surface area contributed by atoms with Crippen LogP contribution in [0.1, 0.15) is 12.8 Å². The Labute approximate surface area is 82.6 Å². The Bertz CT molecular complexity index is 176. The summed E-state index contributed by atoms with van der Waals surface area (Å²) in [5, 5.41) is 0. The standard InChI is InChI=1S/C8H15ClN2O2/c9-4-8(13)7(11)3-6(5-12)1-2-10/h5-7H,1-4,10-11H2/t6-,7-/m0/s1. The van der Waals surface area contributed by atoms with E-state index in [0.717, 1.165) is 6.29 Å². The molecule has 0 saturated carbocycles. The zero-order valence-corrected chi connectivity index (χ0v) is 8.17. The Balaban J connectivity index is 3.92. The van der Waals surface area contributed by atoms with Crippen molar-refractivity contribution in [2.24, 2.45) is 17.4 Å². The van der Waals surface area contributed by atoms with Gasteiger partial charge in [0.2, 0.25) is 0 Å². The van der Waals surface area contributed by atoms with Gasteiger partial charge in [-0.25, -0.2) is 0 Å². The van der Waals surface area contributed by atoms with Crippen LogP contribution in [-0.2, 0) is 9.59 Å². The summed E-state index contributed by atoms with van der Waals surface area (Å²) >= 11 is 5.31. The number of hydrogen-bond donors (Lipinski definition) is 2. The van der Waals surface area contributed by atoms with Gasteiger partial charge in [-0.1, -0.05) is 0 Å². The van der Waals surface area contributed by atoms with E-state index in [9.17, 15) is 9.59 Å². The second-order valence-electron chi connectivity index (χ2n) is 2.92. The number of halogens is 1. The average molecular weight is 207 g/mol. The molecule has 5 heteroatoms. The molecule has 0 aliphatic carbocycles. The van der Waals surface area contributed by atoms with Gasteiger partial charge in [-0.3, -0.25) is 4.79 Å². The molecule has 0 unspecified atom stereocenters. The van der Waals surface area contributed by atoms with Gasteiger partial charge in [-0.05, 0) is 19.4 Å². The molecule has 0 fully saturated rings. The van der Waals surface area contributed by atoms with Crippen LogP contribution in [0.3, 0.4) is 0 Å². The fourth-order valence-electron chi connectivity index (χ4n) is 1.01. The van der Waals surface area contributed by atoms with Crippen LogP contribution < -0.4 is 11.5 Å². The van der Waals surface area contributed by atoms with Crippen LogP contribution in [0.4, 0.5) is 0 Å². The normalized spacial score (nSPS) is 15.0. The lowest BCUT2D eigenvalue weighted by molar-refractivity contribution is -0.118.